The van der Waals surface area contributed by atoms with Gasteiger partial charge >= 0.3 is 0 Å². The lowest BCUT2D eigenvalue weighted by atomic mass is 10.5. The molecule has 2 aliphatic rings. The molecule has 0 amide bonds. The summed E-state index contributed by atoms with van der Waals surface area (Å²) in [5.41, 5.74) is 0. The van der Waals surface area contributed by atoms with Crippen molar-refractivity contribution in [1.29, 1.82) is 0 Å². The highest BCUT2D eigenvalue weighted by atomic mass is 15.4. The van der Waals surface area contributed by atoms with Crippen LogP contribution in [-0.2, 0) is 0 Å². The van der Waals surface area contributed by atoms with Crippen molar-refractivity contribution in [1.82, 2.24) is 9.91 Å². The molecular weight excluding hydrogens is 128 g/mol. The average molecular weight is 136 g/mol. The van der Waals surface area contributed by atoms with E-state index in [4.69, 9.17) is 5.84 Å². The number of hydrogen-bond acceptors (Lipinski definition) is 4. The summed E-state index contributed by atoms with van der Waals surface area (Å²) in [5, 5.41) is 1.49. The van der Waals surface area contributed by atoms with Crippen molar-refractivity contribution in [2.24, 2.45) is 10.8 Å². The van der Waals surface area contributed by atoms with Gasteiger partial charge in [-0.15, -0.1) is 0 Å². The minimum atomic E-state index is 0.857. The smallest absolute Gasteiger partial charge is 0.150 e. The highest BCUT2D eigenvalue weighted by Crippen LogP contribution is 2.14. The molecule has 52 valence electrons. The molecule has 4 heteroatoms. The van der Waals surface area contributed by atoms with Crippen LogP contribution in [0.15, 0.2) is 29.4 Å². The molecule has 2 N–H and O–H groups in total. The predicted octanol–water partition coefficient (Wildman–Crippen LogP) is -0.168. The molecule has 0 fully saturated rings. The summed E-state index contributed by atoms with van der Waals surface area (Å²) in [6.07, 6.45) is 7.33. The van der Waals surface area contributed by atoms with Crippen LogP contribution in [0, 0.1) is 0 Å². The Morgan fingerprint density at radius 2 is 2.40 bits per heavy atom. The van der Waals surface area contributed by atoms with Gasteiger partial charge in [0.2, 0.25) is 0 Å². The second-order valence-corrected chi connectivity index (χ2v) is 2.20. The highest BCUT2D eigenvalue weighted by Gasteiger charge is 2.13. The standard InChI is InChI=1S/C6H8N4/c7-10-4-3-9-2-1-8-6(9)5-10/h1,3-5H,2,7H2. The summed E-state index contributed by atoms with van der Waals surface area (Å²) in [4.78, 5) is 6.11. The van der Waals surface area contributed by atoms with Crippen molar-refractivity contribution in [3.63, 3.8) is 0 Å². The molecule has 0 unspecified atom stereocenters. The lowest BCUT2D eigenvalue weighted by Crippen LogP contribution is -2.26. The first-order chi connectivity index (χ1) is 4.86. The van der Waals surface area contributed by atoms with Gasteiger partial charge in [-0.1, -0.05) is 0 Å². The van der Waals surface area contributed by atoms with E-state index in [0.29, 0.717) is 0 Å². The molecule has 0 atom stereocenters. The van der Waals surface area contributed by atoms with Gasteiger partial charge in [-0.25, -0.2) is 10.8 Å². The van der Waals surface area contributed by atoms with Gasteiger partial charge < -0.3 is 4.90 Å². The van der Waals surface area contributed by atoms with Gasteiger partial charge in [-0.05, 0) is 0 Å². The van der Waals surface area contributed by atoms with E-state index in [2.05, 4.69) is 4.99 Å². The summed E-state index contributed by atoms with van der Waals surface area (Å²) in [5.74, 6) is 6.37. The zero-order valence-corrected chi connectivity index (χ0v) is 5.44. The molecule has 2 heterocycles. The number of fused-ring (bicyclic) bond motifs is 1. The van der Waals surface area contributed by atoms with Crippen LogP contribution in [0.5, 0.6) is 0 Å². The molecule has 0 aromatic heterocycles. The van der Waals surface area contributed by atoms with Crippen LogP contribution in [0.4, 0.5) is 0 Å². The van der Waals surface area contributed by atoms with E-state index in [0.717, 1.165) is 12.4 Å². The molecule has 0 spiro atoms. The lowest BCUT2D eigenvalue weighted by molar-refractivity contribution is 0.441. The molecule has 0 radical (unpaired) electrons. The number of hydrazine groups is 1. The molecule has 0 aliphatic carbocycles. The Bertz CT molecular complexity index is 228. The summed E-state index contributed by atoms with van der Waals surface area (Å²) >= 11 is 0. The third kappa shape index (κ3) is 0.698. The largest absolute Gasteiger partial charge is 0.325 e. The van der Waals surface area contributed by atoms with Crippen LogP contribution < -0.4 is 5.84 Å². The Hall–Kier alpha value is -1.29. The molecular formula is C6H8N4. The Morgan fingerprint density at radius 1 is 1.50 bits per heavy atom. The van der Waals surface area contributed by atoms with E-state index in [-0.39, 0.29) is 0 Å². The normalized spacial score (nSPS) is 21.5. The first-order valence-corrected chi connectivity index (χ1v) is 3.08. The van der Waals surface area contributed by atoms with Crippen LogP contribution in [0.25, 0.3) is 0 Å². The van der Waals surface area contributed by atoms with Crippen LogP contribution in [0.3, 0.4) is 0 Å². The van der Waals surface area contributed by atoms with Crippen molar-refractivity contribution in [2.75, 3.05) is 6.54 Å². The average Bonchev–Trinajstić information content (AvgIpc) is 2.33. The minimum Gasteiger partial charge on any atom is -0.325 e. The fourth-order valence-electron chi connectivity index (χ4n) is 0.969. The summed E-state index contributed by atoms with van der Waals surface area (Å²) < 4.78 is 0. The zero-order valence-electron chi connectivity index (χ0n) is 5.44. The van der Waals surface area contributed by atoms with E-state index in [9.17, 15) is 0 Å². The SMILES string of the molecule is NN1C=CN2CC=NC2=C1. The van der Waals surface area contributed by atoms with Gasteiger partial charge in [0, 0.05) is 18.6 Å². The monoisotopic (exact) mass is 136 g/mol. The van der Waals surface area contributed by atoms with Crippen molar-refractivity contribution in [3.05, 3.63) is 24.4 Å². The maximum Gasteiger partial charge on any atom is 0.150 e. The van der Waals surface area contributed by atoms with E-state index in [1.54, 1.807) is 12.4 Å². The van der Waals surface area contributed by atoms with E-state index >= 15 is 0 Å². The van der Waals surface area contributed by atoms with Gasteiger partial charge in [0.1, 0.15) is 0 Å². The first-order valence-electron chi connectivity index (χ1n) is 3.08. The predicted molar refractivity (Wildman–Crippen MR) is 38.4 cm³/mol. The van der Waals surface area contributed by atoms with E-state index in [1.807, 2.05) is 17.3 Å². The Morgan fingerprint density at radius 3 is 3.30 bits per heavy atom. The second kappa shape index (κ2) is 1.85. The second-order valence-electron chi connectivity index (χ2n) is 2.20. The van der Waals surface area contributed by atoms with Crippen LogP contribution >= 0.6 is 0 Å². The molecule has 0 aromatic rings. The molecule has 0 saturated heterocycles. The van der Waals surface area contributed by atoms with Crippen molar-refractivity contribution in [3.8, 4) is 0 Å². The highest BCUT2D eigenvalue weighted by molar-refractivity contribution is 5.65. The molecule has 2 aliphatic heterocycles. The van der Waals surface area contributed by atoms with Gasteiger partial charge in [0.05, 0.1) is 12.7 Å². The maximum absolute atomic E-state index is 5.46. The third-order valence-corrected chi connectivity index (χ3v) is 1.48. The van der Waals surface area contributed by atoms with Crippen LogP contribution in [-0.4, -0.2) is 22.7 Å². The van der Waals surface area contributed by atoms with Crippen molar-refractivity contribution >= 4 is 6.21 Å². The number of aliphatic imine (C=N–C) groups is 1. The van der Waals surface area contributed by atoms with Gasteiger partial charge in [0.15, 0.2) is 5.82 Å². The van der Waals surface area contributed by atoms with Crippen molar-refractivity contribution in [2.45, 2.75) is 0 Å². The number of rotatable bonds is 0. The van der Waals surface area contributed by atoms with Crippen LogP contribution in [0.1, 0.15) is 0 Å². The molecule has 2 rings (SSSR count). The fourth-order valence-corrected chi connectivity index (χ4v) is 0.969. The Balaban J connectivity index is 2.28. The molecule has 0 aromatic carbocycles. The quantitative estimate of drug-likeness (QED) is 0.470. The Labute approximate surface area is 58.9 Å². The molecule has 4 nitrogen and oxygen atoms in total. The van der Waals surface area contributed by atoms with Crippen LogP contribution in [0.2, 0.25) is 0 Å². The third-order valence-electron chi connectivity index (χ3n) is 1.48. The van der Waals surface area contributed by atoms with E-state index < -0.39 is 0 Å². The van der Waals surface area contributed by atoms with Gasteiger partial charge in [0.25, 0.3) is 0 Å². The topological polar surface area (TPSA) is 44.9 Å². The number of nitrogens with two attached hydrogens (primary N) is 1. The molecule has 10 heavy (non-hydrogen) atoms. The molecule has 0 bridgehead atoms. The summed E-state index contributed by atoms with van der Waals surface area (Å²) in [6, 6.07) is 0. The zero-order chi connectivity index (χ0) is 6.97. The Kier molecular flexibility index (Phi) is 1.01. The van der Waals surface area contributed by atoms with Crippen molar-refractivity contribution < 1.29 is 0 Å². The van der Waals surface area contributed by atoms with Gasteiger partial charge in [-0.2, -0.15) is 0 Å². The maximum atomic E-state index is 5.46. The van der Waals surface area contributed by atoms with E-state index in [1.165, 1.54) is 5.01 Å². The number of nitrogens with zero attached hydrogens (tertiary/aromatic N) is 3. The summed E-state index contributed by atoms with van der Waals surface area (Å²) in [7, 11) is 0. The number of hydrogen-bond donors (Lipinski definition) is 1. The summed E-state index contributed by atoms with van der Waals surface area (Å²) in [6.45, 7) is 0.857. The minimum absolute atomic E-state index is 0.857. The fraction of sp³-hybridized carbons (Fsp3) is 0.167. The van der Waals surface area contributed by atoms with Gasteiger partial charge in [-0.3, -0.25) is 5.01 Å². The first kappa shape index (κ1) is 5.49. The lowest BCUT2D eigenvalue weighted by Gasteiger charge is -2.20. The molecule has 0 saturated carbocycles.